The van der Waals surface area contributed by atoms with E-state index in [9.17, 15) is 17.9 Å². The Morgan fingerprint density at radius 1 is 1.47 bits per heavy atom. The molecule has 3 nitrogen and oxygen atoms in total. The van der Waals surface area contributed by atoms with Crippen LogP contribution in [0.2, 0.25) is 0 Å². The molecule has 2 rings (SSSR count). The number of hydrogen-bond donors (Lipinski definition) is 1. The second-order valence-electron chi connectivity index (χ2n) is 4.56. The number of hydrogen-bond acceptors (Lipinski definition) is 3. The third-order valence-electron chi connectivity index (χ3n) is 2.79. The zero-order valence-corrected chi connectivity index (χ0v) is 11.6. The van der Waals surface area contributed by atoms with Gasteiger partial charge in [0.1, 0.15) is 10.7 Å². The molecule has 1 aliphatic carbocycles. The van der Waals surface area contributed by atoms with Crippen molar-refractivity contribution in [3.8, 4) is 0 Å². The van der Waals surface area contributed by atoms with Crippen LogP contribution in [0.15, 0.2) is 21.5 Å². The summed E-state index contributed by atoms with van der Waals surface area (Å²) in [5.41, 5.74) is -0.125. The average Bonchev–Trinajstić information content (AvgIpc) is 2.78. The van der Waals surface area contributed by atoms with Gasteiger partial charge in [-0.05, 0) is 46.5 Å². The van der Waals surface area contributed by atoms with E-state index < -0.39 is 21.3 Å². The van der Waals surface area contributed by atoms with E-state index in [1.54, 1.807) is 6.07 Å². The summed E-state index contributed by atoms with van der Waals surface area (Å²) in [6.07, 6.45) is 2.73. The second-order valence-corrected chi connectivity index (χ2v) is 7.37. The predicted octanol–water partition coefficient (Wildman–Crippen LogP) is 2.06. The van der Waals surface area contributed by atoms with Crippen LogP contribution in [0.25, 0.3) is 0 Å². The van der Waals surface area contributed by atoms with Crippen LogP contribution in [-0.2, 0) is 16.3 Å². The van der Waals surface area contributed by atoms with Crippen LogP contribution in [0.1, 0.15) is 18.4 Å². The Bertz CT molecular complexity index is 541. The van der Waals surface area contributed by atoms with Gasteiger partial charge in [-0.1, -0.05) is 0 Å². The molecule has 1 aromatic rings. The lowest BCUT2D eigenvalue weighted by molar-refractivity contribution is 0.151. The third-order valence-corrected chi connectivity index (χ3v) is 4.83. The SMILES string of the molecule is CS(=O)(=O)c1c(F)cc(CC2(O)CC2)cc1Br. The van der Waals surface area contributed by atoms with Gasteiger partial charge in [0.15, 0.2) is 9.84 Å². The van der Waals surface area contributed by atoms with Gasteiger partial charge in [0.05, 0.1) is 5.60 Å². The summed E-state index contributed by atoms with van der Waals surface area (Å²) in [5, 5.41) is 9.74. The first kappa shape index (κ1) is 13.0. The van der Waals surface area contributed by atoms with Crippen LogP contribution in [0.4, 0.5) is 4.39 Å². The number of halogens is 2. The highest BCUT2D eigenvalue weighted by Gasteiger charge is 2.40. The molecule has 17 heavy (non-hydrogen) atoms. The fraction of sp³-hybridized carbons (Fsp3) is 0.455. The molecule has 0 aromatic heterocycles. The molecule has 1 fully saturated rings. The first-order valence-corrected chi connectivity index (χ1v) is 7.80. The molecule has 0 radical (unpaired) electrons. The number of aliphatic hydroxyl groups is 1. The monoisotopic (exact) mass is 322 g/mol. The molecule has 6 heteroatoms. The summed E-state index contributed by atoms with van der Waals surface area (Å²) < 4.78 is 36.6. The van der Waals surface area contributed by atoms with Crippen LogP contribution >= 0.6 is 15.9 Å². The number of benzene rings is 1. The fourth-order valence-corrected chi connectivity index (χ4v) is 3.96. The van der Waals surface area contributed by atoms with E-state index in [1.807, 2.05) is 0 Å². The Morgan fingerprint density at radius 2 is 2.06 bits per heavy atom. The van der Waals surface area contributed by atoms with Gasteiger partial charge in [0, 0.05) is 17.1 Å². The maximum atomic E-state index is 13.7. The van der Waals surface area contributed by atoms with Crippen molar-refractivity contribution in [2.45, 2.75) is 29.8 Å². The molecule has 0 bridgehead atoms. The smallest absolute Gasteiger partial charge is 0.179 e. The van der Waals surface area contributed by atoms with E-state index in [1.165, 1.54) is 6.07 Å². The molecule has 1 saturated carbocycles. The summed E-state index contributed by atoms with van der Waals surface area (Å²) >= 11 is 3.06. The van der Waals surface area contributed by atoms with E-state index >= 15 is 0 Å². The lowest BCUT2D eigenvalue weighted by Gasteiger charge is -2.10. The molecule has 0 amide bonds. The minimum atomic E-state index is -3.59. The quantitative estimate of drug-likeness (QED) is 0.926. The highest BCUT2D eigenvalue weighted by molar-refractivity contribution is 9.10. The largest absolute Gasteiger partial charge is 0.390 e. The molecular formula is C11H12BrFO3S. The van der Waals surface area contributed by atoms with E-state index in [4.69, 9.17) is 0 Å². The molecule has 0 saturated heterocycles. The summed E-state index contributed by atoms with van der Waals surface area (Å²) in [6.45, 7) is 0. The molecular weight excluding hydrogens is 311 g/mol. The second kappa shape index (κ2) is 4.03. The molecule has 1 N–H and O–H groups in total. The maximum absolute atomic E-state index is 13.7. The number of sulfone groups is 1. The van der Waals surface area contributed by atoms with Gasteiger partial charge in [0.25, 0.3) is 0 Å². The van der Waals surface area contributed by atoms with Crippen molar-refractivity contribution in [1.29, 1.82) is 0 Å². The Balaban J connectivity index is 2.41. The zero-order valence-electron chi connectivity index (χ0n) is 9.20. The van der Waals surface area contributed by atoms with Crippen molar-refractivity contribution < 1.29 is 17.9 Å². The fourth-order valence-electron chi connectivity index (χ4n) is 1.77. The van der Waals surface area contributed by atoms with Crippen LogP contribution in [-0.4, -0.2) is 25.4 Å². The lowest BCUT2D eigenvalue weighted by atomic mass is 10.1. The van der Waals surface area contributed by atoms with Gasteiger partial charge in [-0.15, -0.1) is 0 Å². The predicted molar refractivity (Wildman–Crippen MR) is 65.1 cm³/mol. The molecule has 1 aliphatic rings. The van der Waals surface area contributed by atoms with Gasteiger partial charge in [-0.25, -0.2) is 12.8 Å². The molecule has 0 aliphatic heterocycles. The number of rotatable bonds is 3. The van der Waals surface area contributed by atoms with Crippen LogP contribution < -0.4 is 0 Å². The van der Waals surface area contributed by atoms with Crippen molar-refractivity contribution in [1.82, 2.24) is 0 Å². The van der Waals surface area contributed by atoms with E-state index in [2.05, 4.69) is 15.9 Å². The van der Waals surface area contributed by atoms with Gasteiger partial charge >= 0.3 is 0 Å². The zero-order chi connectivity index (χ0) is 12.8. The lowest BCUT2D eigenvalue weighted by Crippen LogP contribution is -2.12. The standard InChI is InChI=1S/C11H12BrFO3S/c1-17(15,16)10-8(12)4-7(5-9(10)13)6-11(14)2-3-11/h4-5,14H,2-3,6H2,1H3. The minimum Gasteiger partial charge on any atom is -0.390 e. The topological polar surface area (TPSA) is 54.4 Å². The van der Waals surface area contributed by atoms with Crippen LogP contribution in [0.3, 0.4) is 0 Å². The normalized spacial score (nSPS) is 18.1. The van der Waals surface area contributed by atoms with Crippen LogP contribution in [0, 0.1) is 5.82 Å². The minimum absolute atomic E-state index is 0.208. The van der Waals surface area contributed by atoms with Gasteiger partial charge in [-0.3, -0.25) is 0 Å². The van der Waals surface area contributed by atoms with Crippen molar-refractivity contribution in [3.05, 3.63) is 28.0 Å². The van der Waals surface area contributed by atoms with Crippen molar-refractivity contribution in [3.63, 3.8) is 0 Å². The van der Waals surface area contributed by atoms with E-state index in [0.29, 0.717) is 24.8 Å². The van der Waals surface area contributed by atoms with Gasteiger partial charge < -0.3 is 5.11 Å². The maximum Gasteiger partial charge on any atom is 0.179 e. The first-order chi connectivity index (χ1) is 7.71. The molecule has 0 atom stereocenters. The molecule has 0 spiro atoms. The summed E-state index contributed by atoms with van der Waals surface area (Å²) in [5.74, 6) is -0.777. The highest BCUT2D eigenvalue weighted by Crippen LogP contribution is 2.39. The summed E-state index contributed by atoms with van der Waals surface area (Å²) in [7, 11) is -3.59. The van der Waals surface area contributed by atoms with Gasteiger partial charge in [-0.2, -0.15) is 0 Å². The van der Waals surface area contributed by atoms with Crippen molar-refractivity contribution >= 4 is 25.8 Å². The molecule has 1 aromatic carbocycles. The Kier molecular flexibility index (Phi) is 3.08. The molecule has 0 unspecified atom stereocenters. The summed E-state index contributed by atoms with van der Waals surface area (Å²) in [4.78, 5) is -0.330. The van der Waals surface area contributed by atoms with Crippen molar-refractivity contribution in [2.24, 2.45) is 0 Å². The Hall–Kier alpha value is -0.460. The molecule has 94 valence electrons. The Morgan fingerprint density at radius 3 is 2.47 bits per heavy atom. The van der Waals surface area contributed by atoms with Crippen molar-refractivity contribution in [2.75, 3.05) is 6.26 Å². The molecule has 0 heterocycles. The van der Waals surface area contributed by atoms with Gasteiger partial charge in [0.2, 0.25) is 0 Å². The van der Waals surface area contributed by atoms with E-state index in [0.717, 1.165) is 6.26 Å². The van der Waals surface area contributed by atoms with Crippen LogP contribution in [0.5, 0.6) is 0 Å². The average molecular weight is 323 g/mol. The Labute approximate surface area is 108 Å². The summed E-state index contributed by atoms with van der Waals surface area (Å²) in [6, 6.07) is 2.73. The highest BCUT2D eigenvalue weighted by atomic mass is 79.9. The third kappa shape index (κ3) is 2.86. The van der Waals surface area contributed by atoms with E-state index in [-0.39, 0.29) is 9.37 Å². The first-order valence-electron chi connectivity index (χ1n) is 5.12.